The van der Waals surface area contributed by atoms with Gasteiger partial charge in [0.25, 0.3) is 0 Å². The standard InChI is InChI=1S/C3H6S2.4C3H8S.Sb/c4-3-1-2-5-3;4*1-2-3-4;/h3-4H,1-2H2;4*4H,2-3H2,1H3;/q;;;;;+5/p-5. The van der Waals surface area contributed by atoms with E-state index in [0.29, 0.717) is 0 Å². The van der Waals surface area contributed by atoms with Crippen molar-refractivity contribution in [3.63, 3.8) is 0 Å². The van der Waals surface area contributed by atoms with Crippen molar-refractivity contribution >= 4 is 66.4 Å². The monoisotopic (exact) mass is 526 g/mol. The molecule has 0 aliphatic carbocycles. The maximum atomic E-state index is 2.50. The first kappa shape index (κ1) is 23.0. The van der Waals surface area contributed by atoms with E-state index in [0.717, 1.165) is 4.58 Å². The van der Waals surface area contributed by atoms with Gasteiger partial charge in [0.2, 0.25) is 0 Å². The van der Waals surface area contributed by atoms with Crippen LogP contribution in [-0.4, -0.2) is 43.7 Å². The summed E-state index contributed by atoms with van der Waals surface area (Å²) in [5.74, 6) is 6.88. The molecule has 1 heterocycles. The van der Waals surface area contributed by atoms with Crippen molar-refractivity contribution in [2.24, 2.45) is 0 Å². The summed E-state index contributed by atoms with van der Waals surface area (Å²) in [6.45, 7) is 9.44. The van der Waals surface area contributed by atoms with Gasteiger partial charge in [0.05, 0.1) is 0 Å². The summed E-state index contributed by atoms with van der Waals surface area (Å²) < 4.78 is 0.907. The third-order valence-corrected chi connectivity index (χ3v) is 77.6. The quantitative estimate of drug-likeness (QED) is 0.211. The van der Waals surface area contributed by atoms with Crippen molar-refractivity contribution in [1.29, 1.82) is 0 Å². The zero-order valence-corrected chi connectivity index (χ0v) is 22.0. The molecule has 0 spiro atoms. The Hall–Kier alpha value is 2.92. The van der Waals surface area contributed by atoms with Crippen LogP contribution in [0.5, 0.6) is 0 Å². The van der Waals surface area contributed by atoms with Crippen molar-refractivity contribution in [3.8, 4) is 0 Å². The summed E-state index contributed by atoms with van der Waals surface area (Å²) in [6.07, 6.45) is 6.78. The molecule has 0 aromatic heterocycles. The molecule has 1 fully saturated rings. The Bertz CT molecular complexity index is 254. The van der Waals surface area contributed by atoms with Crippen LogP contribution in [0, 0.1) is 0 Å². The average Bonchev–Trinajstić information content (AvgIpc) is 2.51. The predicted octanol–water partition coefficient (Wildman–Crippen LogP) is 7.64. The van der Waals surface area contributed by atoms with Crippen molar-refractivity contribution in [3.05, 3.63) is 0 Å². The van der Waals surface area contributed by atoms with Gasteiger partial charge >= 0.3 is 160 Å². The normalized spacial score (nSPS) is 20.4. The van der Waals surface area contributed by atoms with Crippen molar-refractivity contribution < 1.29 is 0 Å². The third kappa shape index (κ3) is 7.27. The molecule has 0 amide bonds. The van der Waals surface area contributed by atoms with Gasteiger partial charge < -0.3 is 0 Å². The molecule has 1 atom stereocenters. The molecule has 1 aliphatic heterocycles. The first-order valence-electron chi connectivity index (χ1n) is 8.56. The molecular weight excluding hydrogens is 494 g/mol. The molecule has 0 saturated carbocycles. The van der Waals surface area contributed by atoms with Gasteiger partial charge in [-0.05, 0) is 0 Å². The molecule has 1 unspecified atom stereocenters. The van der Waals surface area contributed by atoms with Gasteiger partial charge in [-0.15, -0.1) is 0 Å². The molecule has 0 aromatic carbocycles. The van der Waals surface area contributed by atoms with Crippen molar-refractivity contribution in [1.82, 2.24) is 0 Å². The topological polar surface area (TPSA) is 0 Å². The molecule has 1 aliphatic rings. The van der Waals surface area contributed by atoms with Gasteiger partial charge in [0, 0.05) is 0 Å². The van der Waals surface area contributed by atoms with Crippen molar-refractivity contribution in [2.75, 3.05) is 28.8 Å². The van der Waals surface area contributed by atoms with Crippen LogP contribution < -0.4 is 0 Å². The molecule has 0 aromatic rings. The Morgan fingerprint density at radius 1 is 0.773 bits per heavy atom. The van der Waals surface area contributed by atoms with E-state index < -0.39 is 10.4 Å². The fourth-order valence-corrected chi connectivity index (χ4v) is 88.4. The van der Waals surface area contributed by atoms with E-state index in [1.54, 1.807) is 0 Å². The molecule has 1 rings (SSSR count). The predicted molar refractivity (Wildman–Crippen MR) is 125 cm³/mol. The van der Waals surface area contributed by atoms with Gasteiger partial charge in [0.15, 0.2) is 0 Å². The molecule has 22 heavy (non-hydrogen) atoms. The third-order valence-electron chi connectivity index (χ3n) is 2.97. The summed E-state index contributed by atoms with van der Waals surface area (Å²) in [4.78, 5) is 0. The van der Waals surface area contributed by atoms with Crippen LogP contribution in [0.4, 0.5) is 0 Å². The van der Waals surface area contributed by atoms with Gasteiger partial charge in [0.1, 0.15) is 0 Å². The van der Waals surface area contributed by atoms with Crippen LogP contribution in [0.3, 0.4) is 0 Å². The summed E-state index contributed by atoms with van der Waals surface area (Å²) in [5.41, 5.74) is 0. The zero-order valence-electron chi connectivity index (χ0n) is 14.5. The summed E-state index contributed by atoms with van der Waals surface area (Å²) in [5, 5.41) is 0. The van der Waals surface area contributed by atoms with E-state index in [2.05, 4.69) is 83.7 Å². The molecule has 0 N–H and O–H groups in total. The second-order valence-electron chi connectivity index (χ2n) is 5.27. The van der Waals surface area contributed by atoms with Gasteiger partial charge in [-0.2, -0.15) is 0 Å². The van der Waals surface area contributed by atoms with Crippen LogP contribution in [0.2, 0.25) is 0 Å². The first-order chi connectivity index (χ1) is 10.6. The van der Waals surface area contributed by atoms with Crippen LogP contribution in [-0.2, 0) is 0 Å². The summed E-state index contributed by atoms with van der Waals surface area (Å²) in [6, 6.07) is 0. The van der Waals surface area contributed by atoms with Gasteiger partial charge in [-0.1, -0.05) is 0 Å². The second-order valence-corrected chi connectivity index (χ2v) is 65.2. The molecule has 0 nitrogen and oxygen atoms in total. The first-order valence-corrected chi connectivity index (χ1v) is 29.9. The molecule has 0 radical (unpaired) electrons. The number of thioether (sulfide) groups is 1. The van der Waals surface area contributed by atoms with Gasteiger partial charge in [-0.25, -0.2) is 0 Å². The fourth-order valence-electron chi connectivity index (χ4n) is 1.80. The molecule has 1 saturated heterocycles. The Morgan fingerprint density at radius 3 is 1.36 bits per heavy atom. The van der Waals surface area contributed by atoms with Crippen LogP contribution in [0.1, 0.15) is 59.8 Å². The number of hydrogen-bond acceptors (Lipinski definition) is 6. The maximum absolute atomic E-state index is 2.85. The minimum absolute atomic E-state index is 0.907. The SMILES string of the molecule is CCC[S][Sb]([S]CCC)([S]CCC)([S]CCC)[S]C1CCS1. The van der Waals surface area contributed by atoms with E-state index in [9.17, 15) is 0 Å². The van der Waals surface area contributed by atoms with E-state index >= 15 is 0 Å². The Labute approximate surface area is 157 Å². The minimum atomic E-state index is -2.85. The Morgan fingerprint density at radius 2 is 1.14 bits per heavy atom. The van der Waals surface area contributed by atoms with E-state index in [1.807, 2.05) is 0 Å². The van der Waals surface area contributed by atoms with Crippen LogP contribution in [0.15, 0.2) is 0 Å². The second kappa shape index (κ2) is 12.3. The van der Waals surface area contributed by atoms with Gasteiger partial charge in [-0.3, -0.25) is 0 Å². The van der Waals surface area contributed by atoms with E-state index in [-0.39, 0.29) is 0 Å². The fraction of sp³-hybridized carbons (Fsp3) is 1.00. The van der Waals surface area contributed by atoms with Crippen LogP contribution in [0.25, 0.3) is 0 Å². The molecular formula is C15H33S6Sb. The average molecular weight is 528 g/mol. The summed E-state index contributed by atoms with van der Waals surface area (Å²) >= 11 is 2.22. The Kier molecular flexibility index (Phi) is 12.9. The number of hydrogen-bond donors (Lipinski definition) is 0. The number of rotatable bonds is 14. The van der Waals surface area contributed by atoms with E-state index in [4.69, 9.17) is 0 Å². The Balaban J connectivity index is 3.01. The van der Waals surface area contributed by atoms with Crippen LogP contribution >= 0.6 is 56.0 Å². The summed E-state index contributed by atoms with van der Waals surface area (Å²) in [7, 11) is 9.47. The van der Waals surface area contributed by atoms with Crippen molar-refractivity contribution in [2.45, 2.75) is 64.4 Å². The van der Waals surface area contributed by atoms with E-state index in [1.165, 1.54) is 60.9 Å². The molecule has 134 valence electrons. The zero-order chi connectivity index (χ0) is 16.3. The molecule has 0 bridgehead atoms. The molecule has 7 heteroatoms.